The van der Waals surface area contributed by atoms with Crippen molar-refractivity contribution in [1.29, 1.82) is 0 Å². The van der Waals surface area contributed by atoms with Gasteiger partial charge in [0, 0.05) is 18.0 Å². The van der Waals surface area contributed by atoms with Crippen molar-refractivity contribution in [2.75, 3.05) is 12.4 Å². The molecule has 28 heavy (non-hydrogen) atoms. The molecule has 0 fully saturated rings. The van der Waals surface area contributed by atoms with Crippen LogP contribution in [0.25, 0.3) is 5.69 Å². The van der Waals surface area contributed by atoms with Crippen LogP contribution in [0.15, 0.2) is 91.1 Å². The molecule has 1 aromatic heterocycles. The Morgan fingerprint density at radius 2 is 1.54 bits per heavy atom. The molecule has 0 aliphatic rings. The normalized spacial score (nSPS) is 10.5. The number of ether oxygens (including phenoxy) is 2. The van der Waals surface area contributed by atoms with Crippen molar-refractivity contribution in [3.63, 3.8) is 0 Å². The van der Waals surface area contributed by atoms with Crippen LogP contribution in [0.2, 0.25) is 0 Å². The minimum absolute atomic E-state index is 0.553. The van der Waals surface area contributed by atoms with E-state index in [0.717, 1.165) is 34.3 Å². The topological polar surface area (TPSA) is 48.3 Å². The van der Waals surface area contributed by atoms with Gasteiger partial charge in [0.1, 0.15) is 18.1 Å². The molecular formula is C23H21N3O2. The van der Waals surface area contributed by atoms with Crippen LogP contribution in [0.1, 0.15) is 5.56 Å². The van der Waals surface area contributed by atoms with Gasteiger partial charge in [-0.05, 0) is 54.1 Å². The number of anilines is 2. The fraction of sp³-hybridized carbons (Fsp3) is 0.0870. The van der Waals surface area contributed by atoms with E-state index < -0.39 is 0 Å². The monoisotopic (exact) mass is 371 g/mol. The van der Waals surface area contributed by atoms with E-state index in [4.69, 9.17) is 9.47 Å². The van der Waals surface area contributed by atoms with Crippen LogP contribution in [0.5, 0.6) is 11.5 Å². The first-order valence-electron chi connectivity index (χ1n) is 9.04. The smallest absolute Gasteiger partial charge is 0.152 e. The first-order chi connectivity index (χ1) is 13.8. The molecule has 4 rings (SSSR count). The Balaban J connectivity index is 1.39. The molecule has 5 heteroatoms. The third-order valence-corrected chi connectivity index (χ3v) is 4.30. The lowest BCUT2D eigenvalue weighted by Crippen LogP contribution is -1.98. The third kappa shape index (κ3) is 4.32. The van der Waals surface area contributed by atoms with Crippen molar-refractivity contribution in [3.05, 3.63) is 96.7 Å². The van der Waals surface area contributed by atoms with E-state index in [-0.39, 0.29) is 0 Å². The van der Waals surface area contributed by atoms with Gasteiger partial charge in [0.2, 0.25) is 0 Å². The molecule has 0 saturated heterocycles. The Morgan fingerprint density at radius 1 is 0.821 bits per heavy atom. The maximum absolute atomic E-state index is 5.83. The number of aromatic nitrogens is 2. The molecule has 4 aromatic rings. The summed E-state index contributed by atoms with van der Waals surface area (Å²) < 4.78 is 12.8. The van der Waals surface area contributed by atoms with E-state index in [0.29, 0.717) is 6.61 Å². The summed E-state index contributed by atoms with van der Waals surface area (Å²) in [6.45, 7) is 0.553. The molecule has 0 radical (unpaired) electrons. The highest BCUT2D eigenvalue weighted by atomic mass is 16.5. The average Bonchev–Trinajstić information content (AvgIpc) is 3.22. The second-order valence-electron chi connectivity index (χ2n) is 6.27. The highest BCUT2D eigenvalue weighted by Crippen LogP contribution is 2.21. The van der Waals surface area contributed by atoms with Crippen LogP contribution in [-0.2, 0) is 6.61 Å². The Bertz CT molecular complexity index is 1010. The lowest BCUT2D eigenvalue weighted by atomic mass is 10.2. The summed E-state index contributed by atoms with van der Waals surface area (Å²) >= 11 is 0. The van der Waals surface area contributed by atoms with Crippen molar-refractivity contribution in [2.45, 2.75) is 6.61 Å². The summed E-state index contributed by atoms with van der Waals surface area (Å²) in [4.78, 5) is 0. The van der Waals surface area contributed by atoms with Gasteiger partial charge < -0.3 is 14.8 Å². The standard InChI is InChI=1S/C23H21N3O2/c1-27-21-11-7-19(8-12-21)24-23-15-16-26(25-23)20-9-13-22(14-10-20)28-17-18-5-3-2-4-6-18/h2-16H,17H2,1H3,(H,24,25). The Labute approximate surface area is 164 Å². The predicted octanol–water partition coefficient (Wildman–Crippen LogP) is 5.20. The molecule has 0 aliphatic heterocycles. The molecule has 1 N–H and O–H groups in total. The zero-order valence-corrected chi connectivity index (χ0v) is 15.6. The molecule has 5 nitrogen and oxygen atoms in total. The van der Waals surface area contributed by atoms with E-state index in [2.05, 4.69) is 22.5 Å². The van der Waals surface area contributed by atoms with Crippen molar-refractivity contribution in [3.8, 4) is 17.2 Å². The molecule has 0 atom stereocenters. The molecule has 3 aromatic carbocycles. The van der Waals surface area contributed by atoms with Crippen molar-refractivity contribution in [2.24, 2.45) is 0 Å². The Hall–Kier alpha value is -3.73. The van der Waals surface area contributed by atoms with E-state index in [1.165, 1.54) is 0 Å². The average molecular weight is 371 g/mol. The maximum Gasteiger partial charge on any atom is 0.152 e. The highest BCUT2D eigenvalue weighted by Gasteiger charge is 2.03. The molecule has 0 bridgehead atoms. The summed E-state index contributed by atoms with van der Waals surface area (Å²) in [7, 11) is 1.65. The van der Waals surface area contributed by atoms with Crippen molar-refractivity contribution in [1.82, 2.24) is 9.78 Å². The van der Waals surface area contributed by atoms with Crippen LogP contribution in [0, 0.1) is 0 Å². The summed E-state index contributed by atoms with van der Waals surface area (Å²) in [5.41, 5.74) is 3.07. The number of rotatable bonds is 7. The van der Waals surface area contributed by atoms with E-state index in [1.807, 2.05) is 83.7 Å². The second kappa shape index (κ2) is 8.31. The Morgan fingerprint density at radius 3 is 2.25 bits per heavy atom. The fourth-order valence-corrected chi connectivity index (χ4v) is 2.79. The summed E-state index contributed by atoms with van der Waals surface area (Å²) in [5, 5.41) is 7.86. The predicted molar refractivity (Wildman–Crippen MR) is 111 cm³/mol. The van der Waals surface area contributed by atoms with Gasteiger partial charge in [-0.25, -0.2) is 4.68 Å². The van der Waals surface area contributed by atoms with Gasteiger partial charge in [-0.15, -0.1) is 0 Å². The van der Waals surface area contributed by atoms with Crippen LogP contribution in [-0.4, -0.2) is 16.9 Å². The quantitative estimate of drug-likeness (QED) is 0.485. The zero-order chi connectivity index (χ0) is 19.2. The number of nitrogens with zero attached hydrogens (tertiary/aromatic N) is 2. The number of hydrogen-bond acceptors (Lipinski definition) is 4. The highest BCUT2D eigenvalue weighted by molar-refractivity contribution is 5.57. The largest absolute Gasteiger partial charge is 0.497 e. The van der Waals surface area contributed by atoms with Gasteiger partial charge in [-0.2, -0.15) is 5.10 Å². The zero-order valence-electron chi connectivity index (χ0n) is 15.6. The van der Waals surface area contributed by atoms with Gasteiger partial charge in [-0.1, -0.05) is 30.3 Å². The van der Waals surface area contributed by atoms with Gasteiger partial charge in [-0.3, -0.25) is 0 Å². The number of benzene rings is 3. The lowest BCUT2D eigenvalue weighted by molar-refractivity contribution is 0.306. The van der Waals surface area contributed by atoms with Crippen LogP contribution < -0.4 is 14.8 Å². The Kier molecular flexibility index (Phi) is 5.24. The molecule has 0 unspecified atom stereocenters. The number of hydrogen-bond donors (Lipinski definition) is 1. The van der Waals surface area contributed by atoms with E-state index in [1.54, 1.807) is 7.11 Å². The lowest BCUT2D eigenvalue weighted by Gasteiger charge is -2.08. The van der Waals surface area contributed by atoms with Gasteiger partial charge in [0.05, 0.1) is 12.8 Å². The molecular weight excluding hydrogens is 350 g/mol. The second-order valence-corrected chi connectivity index (χ2v) is 6.27. The molecule has 0 amide bonds. The SMILES string of the molecule is COc1ccc(Nc2ccn(-c3ccc(OCc4ccccc4)cc3)n2)cc1. The summed E-state index contributed by atoms with van der Waals surface area (Å²) in [6.07, 6.45) is 1.92. The molecule has 0 saturated carbocycles. The number of methoxy groups -OCH3 is 1. The maximum atomic E-state index is 5.83. The minimum Gasteiger partial charge on any atom is -0.497 e. The van der Waals surface area contributed by atoms with Crippen LogP contribution in [0.4, 0.5) is 11.5 Å². The molecule has 0 aliphatic carbocycles. The first-order valence-corrected chi connectivity index (χ1v) is 9.04. The summed E-state index contributed by atoms with van der Waals surface area (Å²) in [6, 6.07) is 27.7. The van der Waals surface area contributed by atoms with Crippen molar-refractivity contribution >= 4 is 11.5 Å². The third-order valence-electron chi connectivity index (χ3n) is 4.30. The molecule has 0 spiro atoms. The van der Waals surface area contributed by atoms with Gasteiger partial charge >= 0.3 is 0 Å². The molecule has 140 valence electrons. The van der Waals surface area contributed by atoms with Crippen LogP contribution >= 0.6 is 0 Å². The molecule has 1 heterocycles. The summed E-state index contributed by atoms with van der Waals surface area (Å²) in [5.74, 6) is 2.43. The first kappa shape index (κ1) is 17.7. The number of nitrogens with one attached hydrogen (secondary N) is 1. The fourth-order valence-electron chi connectivity index (χ4n) is 2.79. The van der Waals surface area contributed by atoms with Gasteiger partial charge in [0.25, 0.3) is 0 Å². The van der Waals surface area contributed by atoms with E-state index in [9.17, 15) is 0 Å². The van der Waals surface area contributed by atoms with Gasteiger partial charge in [0.15, 0.2) is 5.82 Å². The van der Waals surface area contributed by atoms with Crippen LogP contribution in [0.3, 0.4) is 0 Å². The van der Waals surface area contributed by atoms with Crippen molar-refractivity contribution < 1.29 is 9.47 Å². The minimum atomic E-state index is 0.553. The van der Waals surface area contributed by atoms with E-state index >= 15 is 0 Å².